The molecule has 0 amide bonds. The summed E-state index contributed by atoms with van der Waals surface area (Å²) in [4.78, 5) is 0. The van der Waals surface area contributed by atoms with Crippen molar-refractivity contribution in [2.75, 3.05) is 28.4 Å². The van der Waals surface area contributed by atoms with Crippen LogP contribution in [0.1, 0.15) is 111 Å². The van der Waals surface area contributed by atoms with Gasteiger partial charge in [-0.05, 0) is 186 Å². The normalized spacial score (nSPS) is 12.1. The van der Waals surface area contributed by atoms with Crippen molar-refractivity contribution in [1.29, 1.82) is 21.0 Å². The van der Waals surface area contributed by atoms with Gasteiger partial charge in [0.05, 0.1) is 75.0 Å². The molecule has 12 aromatic rings. The molecule has 528 valence electrons. The maximum Gasteiger partial charge on any atom is 0.126 e. The number of rotatable bonds is 24. The molecular formula is C96H76N4O8. The average Bonchev–Trinajstić information content (AvgIpc) is 0.762. The van der Waals surface area contributed by atoms with E-state index in [2.05, 4.69) is 24.3 Å². The van der Waals surface area contributed by atoms with Crippen molar-refractivity contribution in [3.8, 4) is 70.3 Å². The fraction of sp³-hybridized carbons (Fsp3) is 0.125. The van der Waals surface area contributed by atoms with E-state index in [9.17, 15) is 21.0 Å². The second-order valence-electron chi connectivity index (χ2n) is 25.9. The van der Waals surface area contributed by atoms with E-state index in [0.29, 0.717) is 157 Å². The van der Waals surface area contributed by atoms with Gasteiger partial charge in [0, 0.05) is 47.9 Å². The SMILES string of the molecule is COc1ccccc1/C=C(\C#N)c1cc2c(OCc3ccccc3)c(c1)Cc1cc(/C(C#N)=C/c3ccccc3OC)cc(c1OCc1ccccc1)Cc1cc(/C(C#N)=C/c3ccccc3OC)cc(c1OCc1ccccc1)Cc1cc(/C(C#N)=C/c3ccccc3OC)cc(c1OCc1ccccc1)C2. The number of nitrogens with zero attached hydrogens (tertiary/aromatic N) is 4. The summed E-state index contributed by atoms with van der Waals surface area (Å²) in [6, 6.07) is 96.7. The van der Waals surface area contributed by atoms with Crippen LogP contribution in [0.4, 0.5) is 0 Å². The lowest BCUT2D eigenvalue weighted by molar-refractivity contribution is 0.293. The van der Waals surface area contributed by atoms with Crippen molar-refractivity contribution >= 4 is 46.6 Å². The fourth-order valence-electron chi connectivity index (χ4n) is 13.7. The molecule has 0 fully saturated rings. The maximum atomic E-state index is 11.7. The van der Waals surface area contributed by atoms with E-state index >= 15 is 0 Å². The smallest absolute Gasteiger partial charge is 0.126 e. The van der Waals surface area contributed by atoms with Gasteiger partial charge in [0.15, 0.2) is 0 Å². The molecule has 13 rings (SSSR count). The van der Waals surface area contributed by atoms with Crippen molar-refractivity contribution in [3.63, 3.8) is 0 Å². The zero-order valence-corrected chi connectivity index (χ0v) is 60.4. The number of hydrogen-bond acceptors (Lipinski definition) is 12. The standard InChI is InChI=1S/C96H76N4O8/c1-101-89-37-21-17-33-69(89)41-85(57-97)73-45-77-53-79-47-74(86(58-98)42-70-34-18-22-38-90(70)102-2)49-81(94(79)106-62-66-27-11-6-12-28-66)55-83-51-76(88(60-100)44-72-36-20-24-40-92(72)104-4)52-84(96(83)108-64-68-31-15-8-16-32-68)56-82-50-75(87(59-99)43-71-35-19-23-39-91(71)103-3)48-80(95(82)107-63-67-29-13-7-14-30-67)54-78(46-73)93(77)105-61-65-25-9-5-10-26-65/h5-52H,53-56,61-64H2,1-4H3/b85-41+,86-42+,87-43+,88-44+. The Hall–Kier alpha value is -14.0. The van der Waals surface area contributed by atoms with Crippen LogP contribution in [0, 0.1) is 45.3 Å². The molecule has 1 aliphatic carbocycles. The molecule has 0 aromatic heterocycles. The number of nitriles is 4. The summed E-state index contributed by atoms with van der Waals surface area (Å²) in [5, 5.41) is 46.7. The maximum absolute atomic E-state index is 11.7. The van der Waals surface area contributed by atoms with Crippen molar-refractivity contribution in [2.45, 2.75) is 52.1 Å². The molecule has 8 bridgehead atoms. The van der Waals surface area contributed by atoms with E-state index in [1.54, 1.807) is 28.4 Å². The van der Waals surface area contributed by atoms with Gasteiger partial charge in [0.1, 0.15) is 72.4 Å². The van der Waals surface area contributed by atoms with Gasteiger partial charge >= 0.3 is 0 Å². The molecule has 12 aromatic carbocycles. The number of allylic oxidation sites excluding steroid dienone is 4. The van der Waals surface area contributed by atoms with Crippen LogP contribution in [0.15, 0.2) is 267 Å². The number of hydrogen-bond donors (Lipinski definition) is 0. The van der Waals surface area contributed by atoms with Crippen LogP contribution in [0.5, 0.6) is 46.0 Å². The van der Waals surface area contributed by atoms with Crippen molar-refractivity contribution in [2.24, 2.45) is 0 Å². The van der Waals surface area contributed by atoms with Crippen LogP contribution < -0.4 is 37.9 Å². The minimum absolute atomic E-state index is 0.114. The highest BCUT2D eigenvalue weighted by Crippen LogP contribution is 2.45. The molecular weight excluding hydrogens is 1340 g/mol. The van der Waals surface area contributed by atoms with Crippen LogP contribution in [-0.4, -0.2) is 28.4 Å². The Kier molecular flexibility index (Phi) is 23.4. The first-order valence-corrected chi connectivity index (χ1v) is 35.4. The summed E-state index contributed by atoms with van der Waals surface area (Å²) in [7, 11) is 6.43. The van der Waals surface area contributed by atoms with Crippen LogP contribution in [0.25, 0.3) is 46.6 Å². The molecule has 0 aliphatic heterocycles. The first kappa shape index (κ1) is 72.3. The lowest BCUT2D eigenvalue weighted by Gasteiger charge is -2.25. The Bertz CT molecular complexity index is 4780. The van der Waals surface area contributed by atoms with E-state index < -0.39 is 0 Å². The molecule has 0 atom stereocenters. The number of methoxy groups -OCH3 is 4. The third-order valence-corrected chi connectivity index (χ3v) is 18.9. The molecule has 108 heavy (non-hydrogen) atoms. The van der Waals surface area contributed by atoms with Crippen LogP contribution >= 0.6 is 0 Å². The Morgan fingerprint density at radius 3 is 0.611 bits per heavy atom. The van der Waals surface area contributed by atoms with Gasteiger partial charge in [-0.3, -0.25) is 0 Å². The van der Waals surface area contributed by atoms with E-state index in [1.807, 2.05) is 291 Å². The molecule has 12 heteroatoms. The molecule has 0 heterocycles. The molecule has 0 N–H and O–H groups in total. The van der Waals surface area contributed by atoms with Gasteiger partial charge in [0.2, 0.25) is 0 Å². The molecule has 0 saturated carbocycles. The largest absolute Gasteiger partial charge is 0.496 e. The summed E-state index contributed by atoms with van der Waals surface area (Å²) in [6.07, 6.45) is 7.81. The first-order valence-electron chi connectivity index (χ1n) is 35.4. The topological polar surface area (TPSA) is 169 Å². The molecule has 1 aliphatic rings. The minimum Gasteiger partial charge on any atom is -0.496 e. The Labute approximate surface area is 631 Å². The minimum atomic E-state index is 0.114. The van der Waals surface area contributed by atoms with Gasteiger partial charge in [-0.15, -0.1) is 0 Å². The van der Waals surface area contributed by atoms with Gasteiger partial charge in [0.25, 0.3) is 0 Å². The van der Waals surface area contributed by atoms with Gasteiger partial charge in [-0.1, -0.05) is 194 Å². The third kappa shape index (κ3) is 17.3. The van der Waals surface area contributed by atoms with E-state index in [0.717, 1.165) is 22.3 Å². The van der Waals surface area contributed by atoms with E-state index in [1.165, 1.54) is 0 Å². The zero-order valence-electron chi connectivity index (χ0n) is 60.4. The monoisotopic (exact) mass is 1410 g/mol. The third-order valence-electron chi connectivity index (χ3n) is 18.9. The Morgan fingerprint density at radius 2 is 0.435 bits per heavy atom. The second-order valence-corrected chi connectivity index (χ2v) is 25.9. The highest BCUT2D eigenvalue weighted by atomic mass is 16.5. The van der Waals surface area contributed by atoms with Gasteiger partial charge in [-0.2, -0.15) is 21.0 Å². The predicted octanol–water partition coefficient (Wildman–Crippen LogP) is 21.0. The van der Waals surface area contributed by atoms with Gasteiger partial charge < -0.3 is 37.9 Å². The van der Waals surface area contributed by atoms with Crippen molar-refractivity contribution in [1.82, 2.24) is 0 Å². The highest BCUT2D eigenvalue weighted by Gasteiger charge is 2.28. The van der Waals surface area contributed by atoms with Crippen molar-refractivity contribution in [3.05, 3.63) is 378 Å². The Balaban J connectivity index is 1.19. The number of benzene rings is 12. The van der Waals surface area contributed by atoms with Crippen LogP contribution in [0.3, 0.4) is 0 Å². The summed E-state index contributed by atoms with van der Waals surface area (Å²) >= 11 is 0. The molecule has 0 spiro atoms. The molecule has 12 nitrogen and oxygen atoms in total. The number of fused-ring (bicyclic) bond motifs is 8. The average molecular weight is 1410 g/mol. The van der Waals surface area contributed by atoms with Gasteiger partial charge in [-0.25, -0.2) is 0 Å². The highest BCUT2D eigenvalue weighted by molar-refractivity contribution is 5.95. The number of para-hydroxylation sites is 4. The summed E-state index contributed by atoms with van der Waals surface area (Å²) in [6.45, 7) is 0.583. The summed E-state index contributed by atoms with van der Waals surface area (Å²) < 4.78 is 53.3. The first-order chi connectivity index (χ1) is 53.1. The quantitative estimate of drug-likeness (QED) is 0.0415. The second kappa shape index (κ2) is 35.0. The van der Waals surface area contributed by atoms with E-state index in [4.69, 9.17) is 37.9 Å². The predicted molar refractivity (Wildman–Crippen MR) is 426 cm³/mol. The molecule has 0 saturated heterocycles. The Morgan fingerprint density at radius 1 is 0.259 bits per heavy atom. The van der Waals surface area contributed by atoms with Crippen LogP contribution in [-0.2, 0) is 52.1 Å². The molecule has 0 unspecified atom stereocenters. The lowest BCUT2D eigenvalue weighted by Crippen LogP contribution is -2.11. The van der Waals surface area contributed by atoms with Crippen molar-refractivity contribution < 1.29 is 37.9 Å². The number of ether oxygens (including phenoxy) is 8. The lowest BCUT2D eigenvalue weighted by atomic mass is 9.86. The summed E-state index contributed by atoms with van der Waals surface area (Å²) in [5.74, 6) is 4.42. The zero-order chi connectivity index (χ0) is 74.6. The fourth-order valence-corrected chi connectivity index (χ4v) is 13.7. The van der Waals surface area contributed by atoms with E-state index in [-0.39, 0.29) is 52.1 Å². The summed E-state index contributed by atoms with van der Waals surface area (Å²) in [5.41, 5.74) is 15.5. The molecule has 0 radical (unpaired) electrons. The van der Waals surface area contributed by atoms with Crippen LogP contribution in [0.2, 0.25) is 0 Å².